The first-order valence-corrected chi connectivity index (χ1v) is 9.14. The third-order valence-corrected chi connectivity index (χ3v) is 5.95. The van der Waals surface area contributed by atoms with Gasteiger partial charge in [0.05, 0.1) is 5.25 Å². The van der Waals surface area contributed by atoms with Crippen LogP contribution in [0.1, 0.15) is 41.5 Å². The maximum absolute atomic E-state index is 12.2. The average Bonchev–Trinajstić information content (AvgIpc) is 2.91. The van der Waals surface area contributed by atoms with Crippen molar-refractivity contribution in [2.45, 2.75) is 30.9 Å². The van der Waals surface area contributed by atoms with Crippen LogP contribution in [-0.2, 0) is 16.3 Å². The molecule has 0 bridgehead atoms. The minimum atomic E-state index is -3.20. The summed E-state index contributed by atoms with van der Waals surface area (Å²) < 4.78 is 29.4. The van der Waals surface area contributed by atoms with Crippen LogP contribution >= 0.6 is 0 Å². The van der Waals surface area contributed by atoms with Gasteiger partial charge in [-0.15, -0.1) is 5.10 Å². The normalized spacial score (nSPS) is 23.0. The molecule has 1 heterocycles. The molecular formula is C15H18N2O4S. The lowest BCUT2D eigenvalue weighted by molar-refractivity contribution is 0.323. The molecule has 2 aromatic rings. The Labute approximate surface area is 128 Å². The molecule has 0 fully saturated rings. The summed E-state index contributed by atoms with van der Waals surface area (Å²) in [4.78, 5) is 11.1. The van der Waals surface area contributed by atoms with Gasteiger partial charge in [0.25, 0.3) is 0 Å². The Kier molecular flexibility index (Phi) is 3.68. The van der Waals surface area contributed by atoms with E-state index in [9.17, 15) is 13.2 Å². The lowest BCUT2D eigenvalue weighted by Gasteiger charge is -2.32. The van der Waals surface area contributed by atoms with Crippen molar-refractivity contribution in [2.24, 2.45) is 5.92 Å². The molecule has 1 aromatic carbocycles. The summed E-state index contributed by atoms with van der Waals surface area (Å²) in [6.07, 6.45) is 2.53. The molecule has 22 heavy (non-hydrogen) atoms. The highest BCUT2D eigenvalue weighted by atomic mass is 32.2. The number of sulfone groups is 1. The summed E-state index contributed by atoms with van der Waals surface area (Å²) in [7, 11) is -3.20. The van der Waals surface area contributed by atoms with E-state index in [1.807, 2.05) is 31.2 Å². The lowest BCUT2D eigenvalue weighted by atomic mass is 9.77. The highest BCUT2D eigenvalue weighted by Gasteiger charge is 2.36. The van der Waals surface area contributed by atoms with Gasteiger partial charge in [0.15, 0.2) is 9.84 Å². The maximum atomic E-state index is 12.2. The topological polar surface area (TPSA) is 93.0 Å². The SMILES string of the molecule is C[C@@H](c1n[nH]c(=O)o1)[C@@H]1Cc2ccccc2C(S(C)(=O)=O)C1. The standard InChI is InChI=1S/C15H18N2O4S/c1-9(14-16-17-15(18)21-14)11-7-10-5-3-4-6-12(10)13(8-11)22(2,19)20/h3-6,9,11,13H,7-8H2,1-2H3,(H,17,18)/t9-,11-,13?/m1/s1. The van der Waals surface area contributed by atoms with Crippen molar-refractivity contribution < 1.29 is 12.8 Å². The fourth-order valence-corrected chi connectivity index (χ4v) is 4.51. The number of aromatic nitrogens is 2. The molecule has 1 aliphatic rings. The number of H-pyrrole nitrogens is 1. The molecule has 3 atom stereocenters. The van der Waals surface area contributed by atoms with E-state index >= 15 is 0 Å². The second-order valence-electron chi connectivity index (χ2n) is 5.96. The maximum Gasteiger partial charge on any atom is 0.434 e. The number of rotatable bonds is 3. The Bertz CT molecular complexity index is 837. The number of hydrogen-bond acceptors (Lipinski definition) is 5. The zero-order valence-electron chi connectivity index (χ0n) is 12.4. The van der Waals surface area contributed by atoms with Crippen LogP contribution in [0.25, 0.3) is 0 Å². The smallest absolute Gasteiger partial charge is 0.392 e. The minimum absolute atomic E-state index is 0.0566. The Hall–Kier alpha value is -1.89. The summed E-state index contributed by atoms with van der Waals surface area (Å²) in [6.45, 7) is 1.91. The summed E-state index contributed by atoms with van der Waals surface area (Å²) in [6, 6.07) is 7.64. The van der Waals surface area contributed by atoms with Crippen molar-refractivity contribution in [1.29, 1.82) is 0 Å². The molecule has 0 aliphatic heterocycles. The molecular weight excluding hydrogens is 304 g/mol. The molecule has 1 aromatic heterocycles. The number of hydrogen-bond donors (Lipinski definition) is 1. The molecule has 118 valence electrons. The average molecular weight is 322 g/mol. The van der Waals surface area contributed by atoms with E-state index in [0.29, 0.717) is 12.3 Å². The molecule has 1 aliphatic carbocycles. The van der Waals surface area contributed by atoms with Crippen molar-refractivity contribution in [3.05, 3.63) is 51.8 Å². The Morgan fingerprint density at radius 1 is 1.36 bits per heavy atom. The zero-order valence-corrected chi connectivity index (χ0v) is 13.3. The van der Waals surface area contributed by atoms with Crippen LogP contribution in [-0.4, -0.2) is 24.9 Å². The van der Waals surface area contributed by atoms with E-state index in [1.54, 1.807) is 0 Å². The summed E-state index contributed by atoms with van der Waals surface area (Å²) in [5.74, 6) is -0.322. The third-order valence-electron chi connectivity index (χ3n) is 4.47. The fraction of sp³-hybridized carbons (Fsp3) is 0.467. The monoisotopic (exact) mass is 322 g/mol. The van der Waals surface area contributed by atoms with E-state index in [1.165, 1.54) is 6.26 Å². The van der Waals surface area contributed by atoms with Gasteiger partial charge in [0.2, 0.25) is 5.89 Å². The molecule has 0 saturated carbocycles. The van der Waals surface area contributed by atoms with Crippen molar-refractivity contribution in [3.8, 4) is 0 Å². The predicted molar refractivity (Wildman–Crippen MR) is 81.4 cm³/mol. The second kappa shape index (κ2) is 5.39. The number of nitrogens with one attached hydrogen (secondary N) is 1. The summed E-state index contributed by atoms with van der Waals surface area (Å²) >= 11 is 0. The first kappa shape index (κ1) is 15.0. The van der Waals surface area contributed by atoms with Crippen molar-refractivity contribution in [1.82, 2.24) is 10.2 Å². The molecule has 7 heteroatoms. The third kappa shape index (κ3) is 2.72. The Balaban J connectivity index is 1.98. The number of fused-ring (bicyclic) bond motifs is 1. The fourth-order valence-electron chi connectivity index (χ4n) is 3.23. The zero-order chi connectivity index (χ0) is 15.9. The largest absolute Gasteiger partial charge is 0.434 e. The second-order valence-corrected chi connectivity index (χ2v) is 8.19. The summed E-state index contributed by atoms with van der Waals surface area (Å²) in [5, 5.41) is 5.62. The van der Waals surface area contributed by atoms with E-state index in [-0.39, 0.29) is 11.8 Å². The predicted octanol–water partition coefficient (Wildman–Crippen LogP) is 1.81. The van der Waals surface area contributed by atoms with Gasteiger partial charge >= 0.3 is 5.76 Å². The number of nitrogens with zero attached hydrogens (tertiary/aromatic N) is 1. The van der Waals surface area contributed by atoms with Gasteiger partial charge in [-0.1, -0.05) is 31.2 Å². The van der Waals surface area contributed by atoms with Gasteiger partial charge in [-0.2, -0.15) is 0 Å². The van der Waals surface area contributed by atoms with E-state index in [4.69, 9.17) is 4.42 Å². The van der Waals surface area contributed by atoms with Crippen LogP contribution in [0.2, 0.25) is 0 Å². The molecule has 0 radical (unpaired) electrons. The van der Waals surface area contributed by atoms with Crippen LogP contribution in [0.5, 0.6) is 0 Å². The quantitative estimate of drug-likeness (QED) is 0.930. The van der Waals surface area contributed by atoms with Crippen molar-refractivity contribution in [2.75, 3.05) is 6.26 Å². The van der Waals surface area contributed by atoms with E-state index in [0.717, 1.165) is 17.5 Å². The Morgan fingerprint density at radius 2 is 2.09 bits per heavy atom. The molecule has 1 N–H and O–H groups in total. The van der Waals surface area contributed by atoms with Crippen LogP contribution < -0.4 is 5.76 Å². The first-order valence-electron chi connectivity index (χ1n) is 7.18. The van der Waals surface area contributed by atoms with E-state index in [2.05, 4.69) is 10.2 Å². The molecule has 1 unspecified atom stereocenters. The summed E-state index contributed by atoms with van der Waals surface area (Å²) in [5.41, 5.74) is 1.93. The van der Waals surface area contributed by atoms with Crippen LogP contribution in [0, 0.1) is 5.92 Å². The first-order chi connectivity index (χ1) is 10.4. The van der Waals surface area contributed by atoms with Crippen LogP contribution in [0.3, 0.4) is 0 Å². The highest BCUT2D eigenvalue weighted by Crippen LogP contribution is 2.42. The highest BCUT2D eigenvalue weighted by molar-refractivity contribution is 7.90. The lowest BCUT2D eigenvalue weighted by Crippen LogP contribution is -2.27. The van der Waals surface area contributed by atoms with Crippen molar-refractivity contribution in [3.63, 3.8) is 0 Å². The van der Waals surface area contributed by atoms with E-state index < -0.39 is 20.8 Å². The molecule has 6 nitrogen and oxygen atoms in total. The van der Waals surface area contributed by atoms with Crippen LogP contribution in [0.4, 0.5) is 0 Å². The molecule has 0 amide bonds. The van der Waals surface area contributed by atoms with Gasteiger partial charge in [0, 0.05) is 12.2 Å². The van der Waals surface area contributed by atoms with Gasteiger partial charge in [-0.25, -0.2) is 18.3 Å². The number of aromatic amines is 1. The molecule has 3 rings (SSSR count). The molecule has 0 spiro atoms. The van der Waals surface area contributed by atoms with Gasteiger partial charge in [-0.05, 0) is 29.9 Å². The van der Waals surface area contributed by atoms with Gasteiger partial charge < -0.3 is 4.42 Å². The van der Waals surface area contributed by atoms with Crippen molar-refractivity contribution >= 4 is 9.84 Å². The Morgan fingerprint density at radius 3 is 2.73 bits per heavy atom. The van der Waals surface area contributed by atoms with Gasteiger partial charge in [0.1, 0.15) is 0 Å². The molecule has 0 saturated heterocycles. The van der Waals surface area contributed by atoms with Crippen LogP contribution in [0.15, 0.2) is 33.5 Å². The number of benzene rings is 1. The van der Waals surface area contributed by atoms with Gasteiger partial charge in [-0.3, -0.25) is 0 Å². The minimum Gasteiger partial charge on any atom is -0.392 e.